The molecule has 0 atom stereocenters. The third-order valence-corrected chi connectivity index (χ3v) is 9.36. The second kappa shape index (κ2) is 15.9. The highest BCUT2D eigenvalue weighted by Gasteiger charge is 2.26. The van der Waals surface area contributed by atoms with Crippen LogP contribution in [0.15, 0.2) is 102 Å². The number of anilines is 1. The van der Waals surface area contributed by atoms with Gasteiger partial charge in [0.15, 0.2) is 0 Å². The van der Waals surface area contributed by atoms with E-state index in [1.54, 1.807) is 42.5 Å². The molecular weight excluding hydrogens is 659 g/mol. The molecule has 13 heteroatoms. The summed E-state index contributed by atoms with van der Waals surface area (Å²) >= 11 is 0. The molecule has 0 aliphatic rings. The first-order chi connectivity index (χ1) is 21.6. The number of carbonyl (C=O) groups excluding carboxylic acids is 1. The van der Waals surface area contributed by atoms with E-state index in [1.165, 1.54) is 11.4 Å². The predicted octanol–water partition coefficient (Wildman–Crippen LogP) is 5.35. The van der Waals surface area contributed by atoms with Gasteiger partial charge in [-0.1, -0.05) is 54.6 Å². The number of aromatic nitrogens is 2. The van der Waals surface area contributed by atoms with Crippen LogP contribution in [0.3, 0.4) is 0 Å². The number of rotatable bonds is 12. The lowest BCUT2D eigenvalue weighted by molar-refractivity contribution is 0.0600. The molecule has 0 saturated heterocycles. The number of ether oxygens (including phenoxy) is 1. The topological polar surface area (TPSA) is 135 Å². The zero-order valence-corrected chi connectivity index (χ0v) is 28.7. The van der Waals surface area contributed by atoms with Gasteiger partial charge in [-0.15, -0.1) is 24.8 Å². The number of likely N-dealkylation sites (N-methyl/N-ethyl adjacent to an activating group) is 1. The van der Waals surface area contributed by atoms with Crippen LogP contribution in [-0.4, -0.2) is 69.0 Å². The molecule has 0 saturated carbocycles. The van der Waals surface area contributed by atoms with Gasteiger partial charge in [-0.25, -0.2) is 18.2 Å². The van der Waals surface area contributed by atoms with Gasteiger partial charge in [0.1, 0.15) is 11.7 Å². The number of halogens is 2. The van der Waals surface area contributed by atoms with E-state index in [0.29, 0.717) is 41.8 Å². The molecule has 5 aromatic rings. The number of carbonyl (C=O) groups is 1. The van der Waals surface area contributed by atoms with Crippen LogP contribution >= 0.6 is 24.8 Å². The number of hydrogen-bond donors (Lipinski definition) is 2. The Morgan fingerprint density at radius 2 is 1.49 bits per heavy atom. The lowest BCUT2D eigenvalue weighted by Crippen LogP contribution is -2.36. The highest BCUT2D eigenvalue weighted by atomic mass is 35.5. The maximum atomic E-state index is 13.8. The lowest BCUT2D eigenvalue weighted by Gasteiger charge is -2.26. The van der Waals surface area contributed by atoms with Crippen molar-refractivity contribution in [1.82, 2.24) is 14.5 Å². The average molecular weight is 698 g/mol. The summed E-state index contributed by atoms with van der Waals surface area (Å²) < 4.78 is 36.0. The zero-order chi connectivity index (χ0) is 32.1. The van der Waals surface area contributed by atoms with Crippen LogP contribution in [0.4, 0.5) is 5.69 Å². The van der Waals surface area contributed by atoms with E-state index >= 15 is 0 Å². The molecule has 1 aromatic heterocycles. The van der Waals surface area contributed by atoms with Crippen LogP contribution in [0.5, 0.6) is 0 Å². The monoisotopic (exact) mass is 696 g/mol. The van der Waals surface area contributed by atoms with Crippen LogP contribution in [0, 0.1) is 5.41 Å². The van der Waals surface area contributed by atoms with Crippen molar-refractivity contribution in [3.05, 3.63) is 125 Å². The van der Waals surface area contributed by atoms with Gasteiger partial charge < -0.3 is 19.9 Å². The van der Waals surface area contributed by atoms with Gasteiger partial charge in [0, 0.05) is 31.6 Å². The normalized spacial score (nSPS) is 11.1. The summed E-state index contributed by atoms with van der Waals surface area (Å²) in [7, 11) is 1.33. The molecule has 0 radical (unpaired) electrons. The summed E-state index contributed by atoms with van der Waals surface area (Å²) in [5.41, 5.74) is 10.7. The van der Waals surface area contributed by atoms with Crippen LogP contribution in [-0.2, 0) is 27.7 Å². The SMILES string of the molecule is COC(=O)c1ccc(Cn2c(Cc3ccc(C(=N)N)cc3)nc3cc(N(CCN(C)C)S(=O)(=O)c4ccccc4)ccc32)cc1.Cl.Cl. The fourth-order valence-electron chi connectivity index (χ4n) is 5.06. The molecule has 1 heterocycles. The van der Waals surface area contributed by atoms with Crippen molar-refractivity contribution in [2.24, 2.45) is 5.73 Å². The van der Waals surface area contributed by atoms with Crippen molar-refractivity contribution in [1.29, 1.82) is 5.41 Å². The molecular formula is C34H38Cl2N6O4S. The Balaban J connectivity index is 0.00000300. The summed E-state index contributed by atoms with van der Waals surface area (Å²) in [6.07, 6.45) is 0.495. The van der Waals surface area contributed by atoms with Gasteiger partial charge in [0.2, 0.25) is 0 Å². The molecule has 0 aliphatic heterocycles. The largest absolute Gasteiger partial charge is 0.465 e. The summed E-state index contributed by atoms with van der Waals surface area (Å²) in [6.45, 7) is 1.27. The van der Waals surface area contributed by atoms with Gasteiger partial charge in [0.25, 0.3) is 10.0 Å². The van der Waals surface area contributed by atoms with E-state index in [2.05, 4.69) is 4.57 Å². The van der Waals surface area contributed by atoms with Crippen molar-refractivity contribution in [3.8, 4) is 0 Å². The first-order valence-electron chi connectivity index (χ1n) is 14.4. The van der Waals surface area contributed by atoms with Gasteiger partial charge in [-0.2, -0.15) is 0 Å². The highest BCUT2D eigenvalue weighted by molar-refractivity contribution is 7.92. The molecule has 0 bridgehead atoms. The van der Waals surface area contributed by atoms with Crippen molar-refractivity contribution < 1.29 is 17.9 Å². The van der Waals surface area contributed by atoms with Crippen molar-refractivity contribution in [2.75, 3.05) is 38.6 Å². The van der Waals surface area contributed by atoms with Crippen molar-refractivity contribution >= 4 is 63.4 Å². The Kier molecular flexibility index (Phi) is 12.5. The molecule has 4 aromatic carbocycles. The maximum Gasteiger partial charge on any atom is 0.337 e. The van der Waals surface area contributed by atoms with Crippen LogP contribution in [0.1, 0.15) is 32.9 Å². The zero-order valence-electron chi connectivity index (χ0n) is 26.3. The fraction of sp³-hybridized carbons (Fsp3) is 0.206. The Morgan fingerprint density at radius 3 is 2.09 bits per heavy atom. The van der Waals surface area contributed by atoms with E-state index in [1.807, 2.05) is 73.6 Å². The third-order valence-electron chi connectivity index (χ3n) is 7.52. The van der Waals surface area contributed by atoms with Crippen molar-refractivity contribution in [2.45, 2.75) is 17.9 Å². The molecule has 3 N–H and O–H groups in total. The molecule has 248 valence electrons. The average Bonchev–Trinajstić information content (AvgIpc) is 3.37. The van der Waals surface area contributed by atoms with Crippen LogP contribution in [0.25, 0.3) is 11.0 Å². The lowest BCUT2D eigenvalue weighted by atomic mass is 10.1. The minimum Gasteiger partial charge on any atom is -0.465 e. The molecule has 0 aliphatic carbocycles. The number of nitrogens with zero attached hydrogens (tertiary/aromatic N) is 4. The Bertz CT molecular complexity index is 1930. The van der Waals surface area contributed by atoms with E-state index in [4.69, 9.17) is 20.9 Å². The van der Waals surface area contributed by atoms with Gasteiger partial charge in [0.05, 0.1) is 34.3 Å². The summed E-state index contributed by atoms with van der Waals surface area (Å²) in [4.78, 5) is 19.1. The second-order valence-corrected chi connectivity index (χ2v) is 12.8. The summed E-state index contributed by atoms with van der Waals surface area (Å²) in [6, 6.07) is 28.7. The molecule has 0 spiro atoms. The number of imidazole rings is 1. The molecule has 0 unspecified atom stereocenters. The first kappa shape index (κ1) is 37.0. The number of nitrogens with one attached hydrogen (secondary N) is 1. The Morgan fingerprint density at radius 1 is 0.872 bits per heavy atom. The number of amidine groups is 1. The van der Waals surface area contributed by atoms with Crippen LogP contribution in [0.2, 0.25) is 0 Å². The minimum absolute atomic E-state index is 0. The van der Waals surface area contributed by atoms with E-state index in [-0.39, 0.29) is 42.1 Å². The van der Waals surface area contributed by atoms with E-state index < -0.39 is 16.0 Å². The van der Waals surface area contributed by atoms with E-state index in [9.17, 15) is 13.2 Å². The van der Waals surface area contributed by atoms with Crippen molar-refractivity contribution in [3.63, 3.8) is 0 Å². The Labute approximate surface area is 287 Å². The van der Waals surface area contributed by atoms with E-state index in [0.717, 1.165) is 22.5 Å². The Hall–Kier alpha value is -4.42. The number of methoxy groups -OCH3 is 1. The van der Waals surface area contributed by atoms with Crippen LogP contribution < -0.4 is 10.0 Å². The third kappa shape index (κ3) is 8.49. The molecule has 10 nitrogen and oxygen atoms in total. The van der Waals surface area contributed by atoms with Gasteiger partial charge in [-0.05, 0) is 67.7 Å². The molecule has 0 fully saturated rings. The quantitative estimate of drug-likeness (QED) is 0.102. The number of hydrogen-bond acceptors (Lipinski definition) is 7. The number of sulfonamides is 1. The maximum absolute atomic E-state index is 13.8. The summed E-state index contributed by atoms with van der Waals surface area (Å²) in [5, 5.41) is 7.70. The van der Waals surface area contributed by atoms with Gasteiger partial charge in [-0.3, -0.25) is 9.71 Å². The summed E-state index contributed by atoms with van der Waals surface area (Å²) in [5.74, 6) is 0.377. The first-order valence-corrected chi connectivity index (χ1v) is 15.8. The standard InChI is InChI=1S/C34H36N6O4S.2ClH/c1-38(2)19-20-40(45(42,43)29-7-5-4-6-8-29)28-17-18-31-30(22-28)37-32(21-24-9-13-26(14-10-24)33(35)36)39(31)23-25-11-15-27(16-12-25)34(41)44-3;;/h4-18,22H,19-21,23H2,1-3H3,(H3,35,36);2*1H. The fourth-order valence-corrected chi connectivity index (χ4v) is 6.53. The molecule has 0 amide bonds. The number of esters is 1. The predicted molar refractivity (Wildman–Crippen MR) is 191 cm³/mol. The minimum atomic E-state index is -3.84. The molecule has 47 heavy (non-hydrogen) atoms. The van der Waals surface area contributed by atoms with Gasteiger partial charge >= 0.3 is 5.97 Å². The number of nitrogens with two attached hydrogens (primary N) is 1. The number of fused-ring (bicyclic) bond motifs is 1. The number of benzene rings is 4. The smallest absolute Gasteiger partial charge is 0.337 e. The highest BCUT2D eigenvalue weighted by Crippen LogP contribution is 2.29. The molecule has 5 rings (SSSR count). The number of nitrogen functional groups attached to an aromatic ring is 1. The second-order valence-electron chi connectivity index (χ2n) is 11.0.